The van der Waals surface area contributed by atoms with Gasteiger partial charge in [-0.3, -0.25) is 0 Å². The second-order valence-electron chi connectivity index (χ2n) is 2.66. The molecule has 0 saturated carbocycles. The monoisotopic (exact) mass is 197 g/mol. The van der Waals surface area contributed by atoms with Gasteiger partial charge in [0.1, 0.15) is 5.75 Å². The summed E-state index contributed by atoms with van der Waals surface area (Å²) in [6, 6.07) is 5.27. The van der Waals surface area contributed by atoms with Crippen LogP contribution in [0.25, 0.3) is 0 Å². The first-order valence-electron chi connectivity index (χ1n) is 3.90. The Morgan fingerprint density at radius 1 is 1.62 bits per heavy atom. The maximum atomic E-state index is 5.92. The first-order valence-corrected chi connectivity index (χ1v) is 4.28. The Labute approximate surface area is 83.0 Å². The summed E-state index contributed by atoms with van der Waals surface area (Å²) in [5, 5.41) is 0.567. The molecule has 1 rings (SSSR count). The van der Waals surface area contributed by atoms with Gasteiger partial charge in [-0.05, 0) is 17.7 Å². The van der Waals surface area contributed by atoms with Gasteiger partial charge in [-0.15, -0.1) is 6.58 Å². The summed E-state index contributed by atoms with van der Waals surface area (Å²) < 4.78 is 5.01. The molecule has 1 aromatic rings. The molecule has 1 atom stereocenters. The minimum Gasteiger partial charge on any atom is -0.495 e. The highest BCUT2D eigenvalue weighted by molar-refractivity contribution is 6.32. The number of nitrogens with two attached hydrogens (primary N) is 1. The van der Waals surface area contributed by atoms with Crippen LogP contribution in [0.4, 0.5) is 0 Å². The quantitative estimate of drug-likeness (QED) is 0.756. The highest BCUT2D eigenvalue weighted by atomic mass is 35.5. The van der Waals surface area contributed by atoms with E-state index in [1.807, 2.05) is 6.07 Å². The molecule has 2 nitrogen and oxygen atoms in total. The first-order chi connectivity index (χ1) is 6.19. The number of halogens is 1. The third-order valence-corrected chi connectivity index (χ3v) is 2.11. The molecular formula is C10H12ClNO. The number of ether oxygens (including phenoxy) is 1. The van der Waals surface area contributed by atoms with Gasteiger partial charge in [0.15, 0.2) is 0 Å². The summed E-state index contributed by atoms with van der Waals surface area (Å²) in [5.74, 6) is 0.654. The van der Waals surface area contributed by atoms with Crippen LogP contribution in [0.15, 0.2) is 30.9 Å². The molecule has 0 bridgehead atoms. The normalized spacial score (nSPS) is 12.2. The standard InChI is InChI=1S/C10H12ClNO/c1-3-9(12)7-4-5-10(13-2)8(11)6-7/h3-6,9H,1,12H2,2H3/t9-/m0/s1. The molecular weight excluding hydrogens is 186 g/mol. The fourth-order valence-electron chi connectivity index (χ4n) is 1.03. The Balaban J connectivity index is 3.02. The van der Waals surface area contributed by atoms with Crippen LogP contribution in [-0.4, -0.2) is 7.11 Å². The van der Waals surface area contributed by atoms with Gasteiger partial charge in [0, 0.05) is 6.04 Å². The van der Waals surface area contributed by atoms with Gasteiger partial charge in [0.2, 0.25) is 0 Å². The lowest BCUT2D eigenvalue weighted by atomic mass is 10.1. The van der Waals surface area contributed by atoms with E-state index in [0.717, 1.165) is 5.56 Å². The highest BCUT2D eigenvalue weighted by Gasteiger charge is 2.05. The predicted octanol–water partition coefficient (Wildman–Crippen LogP) is 2.53. The molecule has 0 heterocycles. The van der Waals surface area contributed by atoms with Crippen molar-refractivity contribution in [1.82, 2.24) is 0 Å². The van der Waals surface area contributed by atoms with Crippen LogP contribution in [0.1, 0.15) is 11.6 Å². The summed E-state index contributed by atoms with van der Waals surface area (Å²) in [6.07, 6.45) is 1.66. The van der Waals surface area contributed by atoms with E-state index in [9.17, 15) is 0 Å². The van der Waals surface area contributed by atoms with E-state index in [0.29, 0.717) is 10.8 Å². The number of rotatable bonds is 3. The molecule has 13 heavy (non-hydrogen) atoms. The smallest absolute Gasteiger partial charge is 0.137 e. The summed E-state index contributed by atoms with van der Waals surface area (Å²) in [4.78, 5) is 0. The van der Waals surface area contributed by atoms with Crippen molar-refractivity contribution in [3.05, 3.63) is 41.4 Å². The number of methoxy groups -OCH3 is 1. The van der Waals surface area contributed by atoms with Gasteiger partial charge in [-0.1, -0.05) is 23.7 Å². The average Bonchev–Trinajstić information content (AvgIpc) is 2.16. The van der Waals surface area contributed by atoms with Gasteiger partial charge in [0.05, 0.1) is 12.1 Å². The Morgan fingerprint density at radius 2 is 2.31 bits per heavy atom. The van der Waals surface area contributed by atoms with Crippen LogP contribution >= 0.6 is 11.6 Å². The number of hydrogen-bond acceptors (Lipinski definition) is 2. The van der Waals surface area contributed by atoms with Crippen molar-refractivity contribution in [2.75, 3.05) is 7.11 Å². The van der Waals surface area contributed by atoms with Crippen molar-refractivity contribution < 1.29 is 4.74 Å². The topological polar surface area (TPSA) is 35.2 Å². The highest BCUT2D eigenvalue weighted by Crippen LogP contribution is 2.26. The second-order valence-corrected chi connectivity index (χ2v) is 3.06. The minimum atomic E-state index is -0.177. The molecule has 0 aromatic heterocycles. The van der Waals surface area contributed by atoms with Crippen LogP contribution < -0.4 is 10.5 Å². The van der Waals surface area contributed by atoms with E-state index < -0.39 is 0 Å². The van der Waals surface area contributed by atoms with Crippen molar-refractivity contribution in [3.63, 3.8) is 0 Å². The molecule has 0 aliphatic rings. The Bertz CT molecular complexity index is 312. The molecule has 0 aliphatic heterocycles. The van der Waals surface area contributed by atoms with Gasteiger partial charge >= 0.3 is 0 Å². The van der Waals surface area contributed by atoms with Crippen LogP contribution in [-0.2, 0) is 0 Å². The van der Waals surface area contributed by atoms with Gasteiger partial charge in [-0.2, -0.15) is 0 Å². The lowest BCUT2D eigenvalue weighted by Crippen LogP contribution is -2.06. The zero-order valence-electron chi connectivity index (χ0n) is 7.46. The van der Waals surface area contributed by atoms with Gasteiger partial charge < -0.3 is 10.5 Å². The molecule has 0 aliphatic carbocycles. The average molecular weight is 198 g/mol. The fourth-order valence-corrected chi connectivity index (χ4v) is 1.29. The van der Waals surface area contributed by atoms with E-state index >= 15 is 0 Å². The molecule has 0 saturated heterocycles. The Morgan fingerprint density at radius 3 is 2.77 bits per heavy atom. The maximum Gasteiger partial charge on any atom is 0.137 e. The summed E-state index contributed by atoms with van der Waals surface area (Å²) in [5.41, 5.74) is 6.67. The van der Waals surface area contributed by atoms with Crippen molar-refractivity contribution >= 4 is 11.6 Å². The number of benzene rings is 1. The molecule has 0 unspecified atom stereocenters. The van der Waals surface area contributed by atoms with Gasteiger partial charge in [0.25, 0.3) is 0 Å². The third-order valence-electron chi connectivity index (χ3n) is 1.81. The minimum absolute atomic E-state index is 0.177. The van der Waals surface area contributed by atoms with Crippen LogP contribution in [0.2, 0.25) is 5.02 Å². The molecule has 3 heteroatoms. The lowest BCUT2D eigenvalue weighted by Gasteiger charge is -2.09. The Kier molecular flexibility index (Phi) is 3.34. The summed E-state index contributed by atoms with van der Waals surface area (Å²) in [6.45, 7) is 3.61. The van der Waals surface area contributed by atoms with E-state index in [4.69, 9.17) is 22.1 Å². The van der Waals surface area contributed by atoms with Crippen LogP contribution in [0.5, 0.6) is 5.75 Å². The lowest BCUT2D eigenvalue weighted by molar-refractivity contribution is 0.415. The number of hydrogen-bond donors (Lipinski definition) is 1. The van der Waals surface area contributed by atoms with E-state index in [-0.39, 0.29) is 6.04 Å². The summed E-state index contributed by atoms with van der Waals surface area (Å²) in [7, 11) is 1.58. The van der Waals surface area contributed by atoms with Crippen LogP contribution in [0, 0.1) is 0 Å². The SMILES string of the molecule is C=C[C@H](N)c1ccc(OC)c(Cl)c1. The van der Waals surface area contributed by atoms with Crippen LogP contribution in [0.3, 0.4) is 0 Å². The molecule has 70 valence electrons. The predicted molar refractivity (Wildman–Crippen MR) is 55.1 cm³/mol. The molecule has 0 fully saturated rings. The van der Waals surface area contributed by atoms with Crippen molar-refractivity contribution in [2.45, 2.75) is 6.04 Å². The van der Waals surface area contributed by atoms with E-state index in [1.165, 1.54) is 0 Å². The largest absolute Gasteiger partial charge is 0.495 e. The van der Waals surface area contributed by atoms with Crippen molar-refractivity contribution in [1.29, 1.82) is 0 Å². The van der Waals surface area contributed by atoms with E-state index in [1.54, 1.807) is 25.3 Å². The summed E-state index contributed by atoms with van der Waals surface area (Å²) >= 11 is 5.92. The third kappa shape index (κ3) is 2.23. The first kappa shape index (κ1) is 10.1. The fraction of sp³-hybridized carbons (Fsp3) is 0.200. The van der Waals surface area contributed by atoms with E-state index in [2.05, 4.69) is 6.58 Å². The van der Waals surface area contributed by atoms with Gasteiger partial charge in [-0.25, -0.2) is 0 Å². The zero-order valence-corrected chi connectivity index (χ0v) is 8.21. The molecule has 0 spiro atoms. The van der Waals surface area contributed by atoms with Crippen molar-refractivity contribution in [3.8, 4) is 5.75 Å². The second kappa shape index (κ2) is 4.30. The Hall–Kier alpha value is -0.990. The van der Waals surface area contributed by atoms with Crippen molar-refractivity contribution in [2.24, 2.45) is 5.73 Å². The molecule has 0 amide bonds. The zero-order chi connectivity index (χ0) is 9.84. The molecule has 2 N–H and O–H groups in total. The molecule has 1 aromatic carbocycles. The molecule has 0 radical (unpaired) electrons. The maximum absolute atomic E-state index is 5.92.